The minimum absolute atomic E-state index is 0.505. The van der Waals surface area contributed by atoms with Gasteiger partial charge in [-0.15, -0.1) is 0 Å². The van der Waals surface area contributed by atoms with E-state index in [2.05, 4.69) is 11.2 Å². The molecule has 0 spiro atoms. The van der Waals surface area contributed by atoms with Gasteiger partial charge >= 0.3 is 0 Å². The lowest BCUT2D eigenvalue weighted by molar-refractivity contribution is 0.0504. The van der Waals surface area contributed by atoms with Gasteiger partial charge in [-0.2, -0.15) is 5.10 Å². The molecule has 4 nitrogen and oxygen atoms in total. The number of aliphatic hydroxyl groups is 1. The summed E-state index contributed by atoms with van der Waals surface area (Å²) in [5.41, 5.74) is 1.73. The lowest BCUT2D eigenvalue weighted by atomic mass is 9.77. The second-order valence-corrected chi connectivity index (χ2v) is 5.84. The van der Waals surface area contributed by atoms with Gasteiger partial charge in [0.05, 0.1) is 30.1 Å². The molecule has 0 bridgehead atoms. The first-order valence-corrected chi connectivity index (χ1v) is 7.56. The van der Waals surface area contributed by atoms with Crippen LogP contribution in [0.1, 0.15) is 29.7 Å². The first-order valence-electron chi connectivity index (χ1n) is 7.18. The third kappa shape index (κ3) is 2.48. The maximum atomic E-state index is 11.4. The number of halogens is 1. The van der Waals surface area contributed by atoms with Crippen molar-refractivity contribution in [2.45, 2.75) is 31.4 Å². The number of fused-ring (bicyclic) bond motifs is 1. The molecule has 1 N–H and O–H groups in total. The Morgan fingerprint density at radius 1 is 1.43 bits per heavy atom. The third-order valence-electron chi connectivity index (χ3n) is 4.14. The van der Waals surface area contributed by atoms with E-state index in [1.54, 1.807) is 18.0 Å². The van der Waals surface area contributed by atoms with E-state index in [9.17, 15) is 5.11 Å². The highest BCUT2D eigenvalue weighted by atomic mass is 35.5. The Morgan fingerprint density at radius 2 is 2.24 bits per heavy atom. The van der Waals surface area contributed by atoms with Crippen LogP contribution in [0, 0.1) is 0 Å². The third-order valence-corrected chi connectivity index (χ3v) is 4.42. The molecule has 1 atom stereocenters. The van der Waals surface area contributed by atoms with Gasteiger partial charge in [-0.1, -0.05) is 35.9 Å². The Kier molecular flexibility index (Phi) is 4.02. The van der Waals surface area contributed by atoms with E-state index in [-0.39, 0.29) is 0 Å². The number of methoxy groups -OCH3 is 1. The van der Waals surface area contributed by atoms with Crippen molar-refractivity contribution in [2.75, 3.05) is 13.7 Å². The van der Waals surface area contributed by atoms with Gasteiger partial charge in [-0.05, 0) is 30.4 Å². The molecule has 1 aromatic carbocycles. The van der Waals surface area contributed by atoms with Crippen molar-refractivity contribution in [1.82, 2.24) is 9.78 Å². The highest BCUT2D eigenvalue weighted by Gasteiger charge is 2.40. The number of aromatic nitrogens is 2. The first kappa shape index (κ1) is 14.6. The quantitative estimate of drug-likeness (QED) is 0.945. The molecule has 5 heteroatoms. The molecule has 1 aromatic heterocycles. The first-order chi connectivity index (χ1) is 10.2. The van der Waals surface area contributed by atoms with E-state index in [0.717, 1.165) is 18.4 Å². The van der Waals surface area contributed by atoms with E-state index in [0.29, 0.717) is 30.3 Å². The summed E-state index contributed by atoms with van der Waals surface area (Å²) in [5.74, 6) is 0. The van der Waals surface area contributed by atoms with Crippen LogP contribution in [0.2, 0.25) is 5.02 Å². The van der Waals surface area contributed by atoms with Crippen molar-refractivity contribution in [3.63, 3.8) is 0 Å². The van der Waals surface area contributed by atoms with Crippen LogP contribution >= 0.6 is 11.6 Å². The number of ether oxygens (including phenoxy) is 1. The summed E-state index contributed by atoms with van der Waals surface area (Å²) >= 11 is 6.33. The molecular formula is C16H19ClN2O2. The number of hydrogen-bond donors (Lipinski definition) is 1. The number of nitrogens with zero attached hydrogens (tertiary/aromatic N) is 2. The van der Waals surface area contributed by atoms with Gasteiger partial charge in [0.15, 0.2) is 0 Å². The molecule has 1 aliphatic rings. The summed E-state index contributed by atoms with van der Waals surface area (Å²) in [6.07, 6.45) is 4.17. The average molecular weight is 307 g/mol. The molecule has 0 fully saturated rings. The van der Waals surface area contributed by atoms with Crippen molar-refractivity contribution < 1.29 is 9.84 Å². The zero-order valence-electron chi connectivity index (χ0n) is 12.1. The van der Waals surface area contributed by atoms with E-state index < -0.39 is 5.60 Å². The molecule has 0 amide bonds. The second kappa shape index (κ2) is 5.79. The van der Waals surface area contributed by atoms with Crippen LogP contribution in [0.3, 0.4) is 0 Å². The zero-order valence-corrected chi connectivity index (χ0v) is 12.8. The fourth-order valence-corrected chi connectivity index (χ4v) is 3.48. The van der Waals surface area contributed by atoms with Crippen LogP contribution in [0.15, 0.2) is 30.5 Å². The van der Waals surface area contributed by atoms with Crippen molar-refractivity contribution in [1.29, 1.82) is 0 Å². The Hall–Kier alpha value is -1.36. The van der Waals surface area contributed by atoms with E-state index in [4.69, 9.17) is 16.3 Å². The molecule has 1 heterocycles. The Labute approximate surface area is 129 Å². The average Bonchev–Trinajstić information content (AvgIpc) is 2.87. The topological polar surface area (TPSA) is 47.3 Å². The molecule has 112 valence electrons. The molecule has 3 rings (SSSR count). The fourth-order valence-electron chi connectivity index (χ4n) is 3.18. The lowest BCUT2D eigenvalue weighted by Gasteiger charge is -2.35. The summed E-state index contributed by atoms with van der Waals surface area (Å²) in [6.45, 7) is 1.10. The van der Waals surface area contributed by atoms with Gasteiger partial charge in [0.1, 0.15) is 5.60 Å². The van der Waals surface area contributed by atoms with E-state index in [1.165, 1.54) is 5.56 Å². The maximum absolute atomic E-state index is 11.4. The van der Waals surface area contributed by atoms with Crippen molar-refractivity contribution in [3.8, 4) is 0 Å². The standard InChI is InChI=1S/C16H19ClN2O2/c1-21-10-9-19-15(14(17)11-18-19)16(20)8-4-6-12-5-2-3-7-13(12)16/h2-3,5,7,11,20H,4,6,8-10H2,1H3. The summed E-state index contributed by atoms with van der Waals surface area (Å²) < 4.78 is 6.87. The summed E-state index contributed by atoms with van der Waals surface area (Å²) in [4.78, 5) is 0. The predicted octanol–water partition coefficient (Wildman–Crippen LogP) is 2.76. The summed E-state index contributed by atoms with van der Waals surface area (Å²) in [7, 11) is 1.65. The van der Waals surface area contributed by atoms with Crippen molar-refractivity contribution >= 4 is 11.6 Å². The van der Waals surface area contributed by atoms with Crippen LogP contribution in [-0.2, 0) is 23.3 Å². The van der Waals surface area contributed by atoms with Crippen LogP contribution in [0.5, 0.6) is 0 Å². The molecule has 1 unspecified atom stereocenters. The Morgan fingerprint density at radius 3 is 3.05 bits per heavy atom. The van der Waals surface area contributed by atoms with E-state index in [1.807, 2.05) is 18.2 Å². The van der Waals surface area contributed by atoms with Gasteiger partial charge in [0.25, 0.3) is 0 Å². The van der Waals surface area contributed by atoms with Crippen molar-refractivity contribution in [3.05, 3.63) is 52.3 Å². The number of aryl methyl sites for hydroxylation is 1. The van der Waals surface area contributed by atoms with Crippen LogP contribution < -0.4 is 0 Å². The molecule has 0 saturated carbocycles. The van der Waals surface area contributed by atoms with Crippen LogP contribution in [0.25, 0.3) is 0 Å². The number of hydrogen-bond acceptors (Lipinski definition) is 3. The van der Waals surface area contributed by atoms with Gasteiger partial charge in [-0.3, -0.25) is 4.68 Å². The zero-order chi connectivity index (χ0) is 14.9. The molecule has 2 aromatic rings. The molecule has 21 heavy (non-hydrogen) atoms. The molecule has 0 saturated heterocycles. The Balaban J connectivity index is 2.10. The Bertz CT molecular complexity index is 641. The van der Waals surface area contributed by atoms with Gasteiger partial charge in [-0.25, -0.2) is 0 Å². The minimum Gasteiger partial charge on any atom is -0.383 e. The highest BCUT2D eigenvalue weighted by Crippen LogP contribution is 2.42. The maximum Gasteiger partial charge on any atom is 0.133 e. The summed E-state index contributed by atoms with van der Waals surface area (Å²) in [5, 5.41) is 16.2. The SMILES string of the molecule is COCCn1ncc(Cl)c1C1(O)CCCc2ccccc21. The van der Waals surface area contributed by atoms with Gasteiger partial charge in [0, 0.05) is 7.11 Å². The predicted molar refractivity (Wildman–Crippen MR) is 81.5 cm³/mol. The normalized spacial score (nSPS) is 21.3. The highest BCUT2D eigenvalue weighted by molar-refractivity contribution is 6.31. The van der Waals surface area contributed by atoms with Crippen molar-refractivity contribution in [2.24, 2.45) is 0 Å². The van der Waals surface area contributed by atoms with Crippen LogP contribution in [0.4, 0.5) is 0 Å². The second-order valence-electron chi connectivity index (χ2n) is 5.43. The largest absolute Gasteiger partial charge is 0.383 e. The molecular weight excluding hydrogens is 288 g/mol. The minimum atomic E-state index is -1.07. The number of rotatable bonds is 4. The fraction of sp³-hybridized carbons (Fsp3) is 0.438. The smallest absolute Gasteiger partial charge is 0.133 e. The van der Waals surface area contributed by atoms with Crippen LogP contribution in [-0.4, -0.2) is 28.6 Å². The molecule has 1 aliphatic carbocycles. The lowest BCUT2D eigenvalue weighted by Crippen LogP contribution is -2.35. The number of benzene rings is 1. The monoisotopic (exact) mass is 306 g/mol. The summed E-state index contributed by atoms with van der Waals surface area (Å²) in [6, 6.07) is 8.02. The van der Waals surface area contributed by atoms with Gasteiger partial charge < -0.3 is 9.84 Å². The molecule has 0 radical (unpaired) electrons. The van der Waals surface area contributed by atoms with Gasteiger partial charge in [0.2, 0.25) is 0 Å². The molecule has 0 aliphatic heterocycles. The van der Waals surface area contributed by atoms with E-state index >= 15 is 0 Å².